The van der Waals surface area contributed by atoms with Crippen molar-refractivity contribution in [3.05, 3.63) is 29.3 Å². The number of carbonyl (C=O) groups is 1. The SMILES string of the molecule is CC(=O)OCC1CCCCN1c1ccc(C)c(C(F)(F)F)c1. The van der Waals surface area contributed by atoms with E-state index in [1.807, 2.05) is 4.90 Å². The highest BCUT2D eigenvalue weighted by molar-refractivity contribution is 5.66. The van der Waals surface area contributed by atoms with Crippen LogP contribution in [0, 0.1) is 6.92 Å². The number of hydrogen-bond donors (Lipinski definition) is 0. The molecule has 1 fully saturated rings. The van der Waals surface area contributed by atoms with Crippen LogP contribution in [-0.2, 0) is 15.7 Å². The molecule has 0 radical (unpaired) electrons. The van der Waals surface area contributed by atoms with Crippen LogP contribution in [0.1, 0.15) is 37.3 Å². The Labute approximate surface area is 128 Å². The minimum Gasteiger partial charge on any atom is -0.464 e. The maximum absolute atomic E-state index is 13.1. The highest BCUT2D eigenvalue weighted by Crippen LogP contribution is 2.35. The Bertz CT molecular complexity index is 543. The number of alkyl halides is 3. The van der Waals surface area contributed by atoms with Crippen molar-refractivity contribution >= 4 is 11.7 Å². The van der Waals surface area contributed by atoms with Gasteiger partial charge in [0.05, 0.1) is 11.6 Å². The van der Waals surface area contributed by atoms with Crippen molar-refractivity contribution in [2.24, 2.45) is 0 Å². The number of esters is 1. The molecule has 0 aromatic heterocycles. The van der Waals surface area contributed by atoms with Crippen LogP contribution in [0.5, 0.6) is 0 Å². The highest BCUT2D eigenvalue weighted by atomic mass is 19.4. The summed E-state index contributed by atoms with van der Waals surface area (Å²) in [5.74, 6) is -0.370. The first kappa shape index (κ1) is 16.6. The number of hydrogen-bond acceptors (Lipinski definition) is 3. The number of aryl methyl sites for hydroxylation is 1. The third-order valence-corrected chi connectivity index (χ3v) is 3.96. The van der Waals surface area contributed by atoms with Crippen LogP contribution >= 0.6 is 0 Å². The fourth-order valence-corrected chi connectivity index (χ4v) is 2.82. The minimum absolute atomic E-state index is 0.0681. The predicted octanol–water partition coefficient (Wildman–Crippen LogP) is 3.94. The molecule has 0 N–H and O–H groups in total. The molecule has 0 saturated carbocycles. The average molecular weight is 315 g/mol. The molecule has 3 nitrogen and oxygen atoms in total. The summed E-state index contributed by atoms with van der Waals surface area (Å²) in [5, 5.41) is 0. The number of rotatable bonds is 3. The molecule has 6 heteroatoms. The van der Waals surface area contributed by atoms with E-state index < -0.39 is 11.7 Å². The van der Waals surface area contributed by atoms with Gasteiger partial charge in [0.15, 0.2) is 0 Å². The lowest BCUT2D eigenvalue weighted by Gasteiger charge is -2.37. The number of carbonyl (C=O) groups excluding carboxylic acids is 1. The van der Waals surface area contributed by atoms with E-state index >= 15 is 0 Å². The van der Waals surface area contributed by atoms with Crippen LogP contribution in [-0.4, -0.2) is 25.2 Å². The molecule has 2 rings (SSSR count). The van der Waals surface area contributed by atoms with E-state index in [4.69, 9.17) is 4.74 Å². The highest BCUT2D eigenvalue weighted by Gasteiger charge is 2.33. The first-order valence-corrected chi connectivity index (χ1v) is 7.37. The van der Waals surface area contributed by atoms with Crippen molar-refractivity contribution in [3.8, 4) is 0 Å². The van der Waals surface area contributed by atoms with Crippen molar-refractivity contribution in [2.45, 2.75) is 45.3 Å². The van der Waals surface area contributed by atoms with Gasteiger partial charge < -0.3 is 9.64 Å². The van der Waals surface area contributed by atoms with Gasteiger partial charge in [0, 0.05) is 19.2 Å². The summed E-state index contributed by atoms with van der Waals surface area (Å²) in [6.07, 6.45) is -1.64. The summed E-state index contributed by atoms with van der Waals surface area (Å²) >= 11 is 0. The van der Waals surface area contributed by atoms with E-state index in [-0.39, 0.29) is 24.2 Å². The Balaban J connectivity index is 2.25. The predicted molar refractivity (Wildman–Crippen MR) is 77.8 cm³/mol. The normalized spacial score (nSPS) is 19.1. The van der Waals surface area contributed by atoms with Gasteiger partial charge in [-0.15, -0.1) is 0 Å². The standard InChI is InChI=1S/C16H20F3NO2/c1-11-6-7-13(9-15(11)16(17,18)19)20-8-4-3-5-14(20)10-22-12(2)21/h6-7,9,14H,3-5,8,10H2,1-2H3. The molecular weight excluding hydrogens is 295 g/mol. The molecule has 0 bridgehead atoms. The van der Waals surface area contributed by atoms with Gasteiger partial charge in [-0.3, -0.25) is 4.79 Å². The van der Waals surface area contributed by atoms with Crippen LogP contribution in [0.15, 0.2) is 18.2 Å². The second kappa shape index (κ2) is 6.58. The summed E-state index contributed by atoms with van der Waals surface area (Å²) in [7, 11) is 0. The molecule has 1 saturated heterocycles. The second-order valence-electron chi connectivity index (χ2n) is 5.64. The molecule has 0 spiro atoms. The Kier molecular flexibility index (Phi) is 4.98. The number of anilines is 1. The van der Waals surface area contributed by atoms with Gasteiger partial charge in [-0.2, -0.15) is 13.2 Å². The van der Waals surface area contributed by atoms with E-state index in [1.54, 1.807) is 6.07 Å². The van der Waals surface area contributed by atoms with Crippen molar-refractivity contribution < 1.29 is 22.7 Å². The Morgan fingerprint density at radius 3 is 2.73 bits per heavy atom. The summed E-state index contributed by atoms with van der Waals surface area (Å²) in [4.78, 5) is 12.9. The molecule has 1 unspecified atom stereocenters. The number of ether oxygens (including phenoxy) is 1. The van der Waals surface area contributed by atoms with Crippen molar-refractivity contribution in [3.63, 3.8) is 0 Å². The fraction of sp³-hybridized carbons (Fsp3) is 0.562. The summed E-state index contributed by atoms with van der Waals surface area (Å²) in [5.41, 5.74) is 0.140. The van der Waals surface area contributed by atoms with Gasteiger partial charge in [-0.25, -0.2) is 0 Å². The smallest absolute Gasteiger partial charge is 0.416 e. The number of piperidine rings is 1. The maximum Gasteiger partial charge on any atom is 0.416 e. The zero-order chi connectivity index (χ0) is 16.3. The number of nitrogens with zero attached hydrogens (tertiary/aromatic N) is 1. The molecule has 1 aromatic rings. The Morgan fingerprint density at radius 2 is 2.09 bits per heavy atom. The van der Waals surface area contributed by atoms with Crippen LogP contribution in [0.25, 0.3) is 0 Å². The monoisotopic (exact) mass is 315 g/mol. The first-order valence-electron chi connectivity index (χ1n) is 7.37. The van der Waals surface area contributed by atoms with Gasteiger partial charge in [-0.1, -0.05) is 6.07 Å². The van der Waals surface area contributed by atoms with E-state index in [0.717, 1.165) is 19.3 Å². The molecule has 1 aliphatic heterocycles. The third-order valence-electron chi connectivity index (χ3n) is 3.96. The van der Waals surface area contributed by atoms with Gasteiger partial charge in [0.1, 0.15) is 6.61 Å². The molecule has 1 heterocycles. The van der Waals surface area contributed by atoms with Gasteiger partial charge in [0.2, 0.25) is 0 Å². The zero-order valence-corrected chi connectivity index (χ0v) is 12.7. The lowest BCUT2D eigenvalue weighted by atomic mass is 10.00. The first-order chi connectivity index (χ1) is 10.3. The van der Waals surface area contributed by atoms with Crippen molar-refractivity contribution in [2.75, 3.05) is 18.1 Å². The molecule has 0 amide bonds. The van der Waals surface area contributed by atoms with Crippen LogP contribution < -0.4 is 4.90 Å². The average Bonchev–Trinajstić information content (AvgIpc) is 2.45. The largest absolute Gasteiger partial charge is 0.464 e. The third kappa shape index (κ3) is 3.93. The zero-order valence-electron chi connectivity index (χ0n) is 12.7. The number of benzene rings is 1. The van der Waals surface area contributed by atoms with E-state index in [0.29, 0.717) is 12.2 Å². The van der Waals surface area contributed by atoms with E-state index in [2.05, 4.69) is 0 Å². The molecule has 1 atom stereocenters. The Hall–Kier alpha value is -1.72. The van der Waals surface area contributed by atoms with E-state index in [1.165, 1.54) is 26.0 Å². The molecule has 1 aliphatic rings. The van der Waals surface area contributed by atoms with Crippen LogP contribution in [0.3, 0.4) is 0 Å². The molecule has 1 aromatic carbocycles. The lowest BCUT2D eigenvalue weighted by Crippen LogP contribution is -2.43. The minimum atomic E-state index is -4.36. The molecule has 0 aliphatic carbocycles. The molecule has 122 valence electrons. The van der Waals surface area contributed by atoms with Gasteiger partial charge in [-0.05, 0) is 43.9 Å². The van der Waals surface area contributed by atoms with Gasteiger partial charge in [0.25, 0.3) is 0 Å². The fourth-order valence-electron chi connectivity index (χ4n) is 2.82. The van der Waals surface area contributed by atoms with Crippen molar-refractivity contribution in [1.29, 1.82) is 0 Å². The van der Waals surface area contributed by atoms with Crippen LogP contribution in [0.4, 0.5) is 18.9 Å². The number of halogens is 3. The maximum atomic E-state index is 13.1. The Morgan fingerprint density at radius 1 is 1.36 bits per heavy atom. The summed E-state index contributed by atoms with van der Waals surface area (Å²) in [6.45, 7) is 3.68. The van der Waals surface area contributed by atoms with Crippen LogP contribution in [0.2, 0.25) is 0 Å². The second-order valence-corrected chi connectivity index (χ2v) is 5.64. The van der Waals surface area contributed by atoms with Crippen molar-refractivity contribution in [1.82, 2.24) is 0 Å². The van der Waals surface area contributed by atoms with E-state index in [9.17, 15) is 18.0 Å². The summed E-state index contributed by atoms with van der Waals surface area (Å²) in [6, 6.07) is 4.33. The quantitative estimate of drug-likeness (QED) is 0.791. The van der Waals surface area contributed by atoms with Gasteiger partial charge >= 0.3 is 12.1 Å². The summed E-state index contributed by atoms with van der Waals surface area (Å²) < 4.78 is 44.2. The lowest BCUT2D eigenvalue weighted by molar-refractivity contribution is -0.141. The topological polar surface area (TPSA) is 29.5 Å². The molecule has 22 heavy (non-hydrogen) atoms. The molecular formula is C16H20F3NO2.